The molecule has 2 N–H and O–H groups in total. The third kappa shape index (κ3) is 6.32. The summed E-state index contributed by atoms with van der Waals surface area (Å²) in [6.07, 6.45) is 1.71. The summed E-state index contributed by atoms with van der Waals surface area (Å²) in [5.41, 5.74) is 6.15. The van der Waals surface area contributed by atoms with Crippen LogP contribution >= 0.6 is 0 Å². The molecule has 0 spiro atoms. The highest BCUT2D eigenvalue weighted by molar-refractivity contribution is 5.47. The average molecular weight is 284 g/mol. The Morgan fingerprint density at radius 2 is 1.90 bits per heavy atom. The van der Waals surface area contributed by atoms with Crippen molar-refractivity contribution in [2.45, 2.75) is 12.8 Å². The maximum absolute atomic E-state index is 13.8. The van der Waals surface area contributed by atoms with Crippen molar-refractivity contribution < 1.29 is 13.9 Å². The van der Waals surface area contributed by atoms with E-state index >= 15 is 0 Å². The molecule has 0 aliphatic heterocycles. The number of methoxy groups -OCH3 is 1. The molecule has 0 saturated carbocycles. The molecule has 1 aromatic carbocycles. The number of nitrogens with two attached hydrogens (primary N) is 1. The van der Waals surface area contributed by atoms with E-state index < -0.39 is 0 Å². The summed E-state index contributed by atoms with van der Waals surface area (Å²) in [5.74, 6) is -0.205. The van der Waals surface area contributed by atoms with Crippen LogP contribution in [0.3, 0.4) is 0 Å². The first kappa shape index (κ1) is 16.9. The van der Waals surface area contributed by atoms with Crippen molar-refractivity contribution in [1.29, 1.82) is 0 Å². The highest BCUT2D eigenvalue weighted by Gasteiger charge is 2.10. The molecule has 4 nitrogen and oxygen atoms in total. The maximum atomic E-state index is 13.8. The Hall–Kier alpha value is -1.17. The molecule has 0 saturated heterocycles. The zero-order valence-electron chi connectivity index (χ0n) is 12.2. The summed E-state index contributed by atoms with van der Waals surface area (Å²) in [7, 11) is 1.67. The summed E-state index contributed by atoms with van der Waals surface area (Å²) in [6, 6.07) is 6.80. The van der Waals surface area contributed by atoms with Gasteiger partial charge in [0.15, 0.2) is 0 Å². The van der Waals surface area contributed by atoms with Gasteiger partial charge in [-0.3, -0.25) is 0 Å². The van der Waals surface area contributed by atoms with E-state index in [-0.39, 0.29) is 5.82 Å². The zero-order chi connectivity index (χ0) is 14.6. The minimum Gasteiger partial charge on any atom is -0.385 e. The van der Waals surface area contributed by atoms with Crippen LogP contribution in [0.1, 0.15) is 12.8 Å². The average Bonchev–Trinajstić information content (AvgIpc) is 2.47. The SMILES string of the molecule is COCCCOCCN(CCCN)c1ccccc1F. The van der Waals surface area contributed by atoms with Gasteiger partial charge >= 0.3 is 0 Å². The Balaban J connectivity index is 2.42. The van der Waals surface area contributed by atoms with Crippen molar-refractivity contribution in [3.8, 4) is 0 Å². The molecule has 0 atom stereocenters. The number of hydrogen-bond donors (Lipinski definition) is 1. The van der Waals surface area contributed by atoms with Crippen LogP contribution in [0.15, 0.2) is 24.3 Å². The number of benzene rings is 1. The van der Waals surface area contributed by atoms with Gasteiger partial charge in [-0.25, -0.2) is 4.39 Å². The Kier molecular flexibility index (Phi) is 8.95. The lowest BCUT2D eigenvalue weighted by Gasteiger charge is -2.25. The first-order chi connectivity index (χ1) is 9.79. The third-order valence-electron chi connectivity index (χ3n) is 2.97. The van der Waals surface area contributed by atoms with Crippen molar-refractivity contribution in [1.82, 2.24) is 0 Å². The quantitative estimate of drug-likeness (QED) is 0.632. The molecule has 0 radical (unpaired) electrons. The van der Waals surface area contributed by atoms with E-state index in [4.69, 9.17) is 15.2 Å². The van der Waals surface area contributed by atoms with E-state index in [2.05, 4.69) is 0 Å². The topological polar surface area (TPSA) is 47.7 Å². The lowest BCUT2D eigenvalue weighted by atomic mass is 10.2. The number of ether oxygens (including phenoxy) is 2. The van der Waals surface area contributed by atoms with Gasteiger partial charge in [-0.05, 0) is 31.5 Å². The van der Waals surface area contributed by atoms with E-state index in [9.17, 15) is 4.39 Å². The fourth-order valence-electron chi connectivity index (χ4n) is 1.93. The predicted octanol–water partition coefficient (Wildman–Crippen LogP) is 2.03. The fraction of sp³-hybridized carbons (Fsp3) is 0.600. The largest absolute Gasteiger partial charge is 0.385 e. The lowest BCUT2D eigenvalue weighted by Crippen LogP contribution is -2.30. The molecular formula is C15H25FN2O2. The van der Waals surface area contributed by atoms with Crippen LogP contribution in [0, 0.1) is 5.82 Å². The molecule has 0 bridgehead atoms. The van der Waals surface area contributed by atoms with Gasteiger partial charge in [0.25, 0.3) is 0 Å². The van der Waals surface area contributed by atoms with Crippen LogP contribution < -0.4 is 10.6 Å². The fourth-order valence-corrected chi connectivity index (χ4v) is 1.93. The number of para-hydroxylation sites is 1. The second kappa shape index (κ2) is 10.6. The van der Waals surface area contributed by atoms with Gasteiger partial charge in [-0.15, -0.1) is 0 Å². The summed E-state index contributed by atoms with van der Waals surface area (Å²) >= 11 is 0. The minimum atomic E-state index is -0.205. The summed E-state index contributed by atoms with van der Waals surface area (Å²) < 4.78 is 24.3. The first-order valence-corrected chi connectivity index (χ1v) is 7.05. The lowest BCUT2D eigenvalue weighted by molar-refractivity contribution is 0.107. The van der Waals surface area contributed by atoms with E-state index in [1.54, 1.807) is 19.2 Å². The van der Waals surface area contributed by atoms with Crippen LogP contribution in [0.25, 0.3) is 0 Å². The molecule has 0 amide bonds. The summed E-state index contributed by atoms with van der Waals surface area (Å²) in [6.45, 7) is 3.93. The highest BCUT2D eigenvalue weighted by atomic mass is 19.1. The van der Waals surface area contributed by atoms with Gasteiger partial charge in [-0.1, -0.05) is 12.1 Å². The Morgan fingerprint density at radius 1 is 1.10 bits per heavy atom. The highest BCUT2D eigenvalue weighted by Crippen LogP contribution is 2.18. The van der Waals surface area contributed by atoms with Crippen LogP contribution in [0.2, 0.25) is 0 Å². The summed E-state index contributed by atoms with van der Waals surface area (Å²) in [5, 5.41) is 0. The van der Waals surface area contributed by atoms with Gasteiger partial charge in [0.2, 0.25) is 0 Å². The Morgan fingerprint density at radius 3 is 2.60 bits per heavy atom. The van der Waals surface area contributed by atoms with Gasteiger partial charge in [0.05, 0.1) is 12.3 Å². The molecule has 0 aliphatic carbocycles. The van der Waals surface area contributed by atoms with Crippen molar-refractivity contribution in [3.05, 3.63) is 30.1 Å². The van der Waals surface area contributed by atoms with Gasteiger partial charge in [-0.2, -0.15) is 0 Å². The van der Waals surface area contributed by atoms with Crippen molar-refractivity contribution in [3.63, 3.8) is 0 Å². The molecular weight excluding hydrogens is 259 g/mol. The Bertz CT molecular complexity index is 363. The molecule has 5 heteroatoms. The number of halogens is 1. The van der Waals surface area contributed by atoms with Crippen LogP contribution in [0.4, 0.5) is 10.1 Å². The normalized spacial score (nSPS) is 10.8. The van der Waals surface area contributed by atoms with E-state index in [0.717, 1.165) is 19.4 Å². The van der Waals surface area contributed by atoms with Gasteiger partial charge < -0.3 is 20.1 Å². The Labute approximate surface area is 120 Å². The molecule has 114 valence electrons. The van der Waals surface area contributed by atoms with Crippen molar-refractivity contribution in [2.24, 2.45) is 5.73 Å². The van der Waals surface area contributed by atoms with Crippen LogP contribution in [-0.2, 0) is 9.47 Å². The minimum absolute atomic E-state index is 0.205. The van der Waals surface area contributed by atoms with Gasteiger partial charge in [0.1, 0.15) is 5.82 Å². The van der Waals surface area contributed by atoms with Crippen LogP contribution in [0.5, 0.6) is 0 Å². The molecule has 1 rings (SSSR count). The monoisotopic (exact) mass is 284 g/mol. The number of anilines is 1. The standard InChI is InChI=1S/C15H25FN2O2/c1-19-11-5-12-20-13-10-18(9-4-8-17)15-7-3-2-6-14(15)16/h2-3,6-7H,4-5,8-13,17H2,1H3. The van der Waals surface area contributed by atoms with E-state index in [1.807, 2.05) is 11.0 Å². The second-order valence-corrected chi connectivity index (χ2v) is 4.54. The molecule has 0 aliphatic rings. The molecule has 20 heavy (non-hydrogen) atoms. The third-order valence-corrected chi connectivity index (χ3v) is 2.97. The van der Waals surface area contributed by atoms with Gasteiger partial charge in [0, 0.05) is 33.4 Å². The first-order valence-electron chi connectivity index (χ1n) is 7.05. The van der Waals surface area contributed by atoms with Crippen molar-refractivity contribution in [2.75, 3.05) is 51.5 Å². The molecule has 0 aromatic heterocycles. The smallest absolute Gasteiger partial charge is 0.146 e. The summed E-state index contributed by atoms with van der Waals surface area (Å²) in [4.78, 5) is 1.98. The zero-order valence-corrected chi connectivity index (χ0v) is 12.2. The van der Waals surface area contributed by atoms with Crippen molar-refractivity contribution >= 4 is 5.69 Å². The number of nitrogens with zero attached hydrogens (tertiary/aromatic N) is 1. The molecule has 1 aromatic rings. The molecule has 0 heterocycles. The number of rotatable bonds is 11. The van der Waals surface area contributed by atoms with Crippen LogP contribution in [-0.4, -0.2) is 46.6 Å². The van der Waals surface area contributed by atoms with E-state index in [0.29, 0.717) is 38.6 Å². The number of hydrogen-bond acceptors (Lipinski definition) is 4. The maximum Gasteiger partial charge on any atom is 0.146 e. The second-order valence-electron chi connectivity index (χ2n) is 4.54. The molecule has 0 fully saturated rings. The van der Waals surface area contributed by atoms with E-state index in [1.165, 1.54) is 6.07 Å². The predicted molar refractivity (Wildman–Crippen MR) is 79.6 cm³/mol. The molecule has 0 unspecified atom stereocenters.